The number of benzene rings is 4. The van der Waals surface area contributed by atoms with E-state index < -0.39 is 120 Å². The number of amidine groups is 4. The van der Waals surface area contributed by atoms with Gasteiger partial charge in [0.1, 0.15) is 47.4 Å². The zero-order valence-corrected chi connectivity index (χ0v) is 83.8. The number of methoxy groups -OCH3 is 2. The van der Waals surface area contributed by atoms with Crippen molar-refractivity contribution in [2.45, 2.75) is 62.4 Å². The van der Waals surface area contributed by atoms with Gasteiger partial charge in [0.05, 0.1) is 101 Å². The van der Waals surface area contributed by atoms with E-state index in [-0.39, 0.29) is 34.4 Å². The number of esters is 4. The van der Waals surface area contributed by atoms with Gasteiger partial charge in [-0.05, 0) is 97.8 Å². The summed E-state index contributed by atoms with van der Waals surface area (Å²) < 4.78 is 99.8. The first kappa shape index (κ1) is 107. The number of thiazole rings is 4. The van der Waals surface area contributed by atoms with Crippen LogP contribution in [-0.2, 0) is 76.3 Å². The number of carbonyl (C=O) groups excluding carboxylic acids is 4. The molecule has 8 aromatic rings. The normalized spacial score (nSPS) is 20.9. The van der Waals surface area contributed by atoms with Crippen LogP contribution in [0, 0.1) is 23.3 Å². The molecule has 8 aliphatic heterocycles. The lowest BCUT2D eigenvalue weighted by Gasteiger charge is -2.34. The Labute approximate surface area is 852 Å². The Bertz CT molecular complexity index is 5960. The lowest BCUT2D eigenvalue weighted by molar-refractivity contribution is -0.139. The summed E-state index contributed by atoms with van der Waals surface area (Å²) in [5.41, 5.74) is 5.45. The predicted molar refractivity (Wildman–Crippen MR) is 526 cm³/mol. The Balaban J connectivity index is 0.000000159. The fourth-order valence-electron chi connectivity index (χ4n) is 15.7. The molecule has 8 aliphatic rings. The molecule has 8 atom stereocenters. The molecule has 0 radical (unpaired) electrons. The lowest BCUT2D eigenvalue weighted by atomic mass is 9.95. The first-order valence-corrected chi connectivity index (χ1v) is 49.5. The number of aromatic nitrogens is 4. The zero-order chi connectivity index (χ0) is 101. The van der Waals surface area contributed by atoms with Crippen LogP contribution in [0.3, 0.4) is 0 Å². The molecule has 12 heterocycles. The number of hydrogen-bond donors (Lipinski definition) is 8. The summed E-state index contributed by atoms with van der Waals surface area (Å²) in [5, 5.41) is 58.8. The van der Waals surface area contributed by atoms with E-state index in [0.717, 1.165) is 24.3 Å². The minimum absolute atomic E-state index is 0.130. The molecule has 0 saturated carbocycles. The molecular weight excluding hydrogens is 2110 g/mol. The molecule has 142 heavy (non-hydrogen) atoms. The van der Waals surface area contributed by atoms with Crippen molar-refractivity contribution in [3.05, 3.63) is 297 Å². The number of rotatable bonds is 30. The molecule has 4 aromatic carbocycles. The Kier molecular flexibility index (Phi) is 39.0. The van der Waals surface area contributed by atoms with E-state index in [1.165, 1.54) is 145 Å². The molecular formula is C94H92Br2Cl2F4N16O20S4. The topological polar surface area (TPSA) is 453 Å². The van der Waals surface area contributed by atoms with Crippen molar-refractivity contribution in [1.29, 1.82) is 0 Å². The SMILES string of the molecule is CCOC(=O)C1=C(CN2CCO[C@H](/C=C/C(=O)O)C2)NC(c2nccs2)=N[C@H]1c1ccc(F)cc1Br.CCOC(=O)C1=C(CN2CCO[C@H](/C=C/C(=O)O)C2)NC(c2nccs2)=N[C@H]1c1ccc(F)cc1Cl.COC(=O)C1=C(CN2CCO[C@H](/C=C/C(=O)O)C2)NC(c2nccs2)=N[C@H]1c1ccc(F)cc1Br.COC(=O)C1=C(CN2CCO[C@H](/C=C/C(=O)O)C2)NC(c2nccs2)=N[C@H]1c1ccc(F)cc1Cl. The first-order valence-electron chi connectivity index (χ1n) is 43.6. The molecule has 0 aliphatic carbocycles. The number of hydrogen-bond acceptors (Lipinski definition) is 36. The highest BCUT2D eigenvalue weighted by Gasteiger charge is 2.42. The van der Waals surface area contributed by atoms with Crippen LogP contribution in [0.4, 0.5) is 17.6 Å². The molecule has 16 rings (SSSR count). The number of carboxylic acids is 4. The molecule has 36 nitrogen and oxygen atoms in total. The van der Waals surface area contributed by atoms with Crippen molar-refractivity contribution >= 4 is 172 Å². The predicted octanol–water partition coefficient (Wildman–Crippen LogP) is 12.2. The third-order valence-corrected chi connectivity index (χ3v) is 27.1. The van der Waals surface area contributed by atoms with Crippen LogP contribution in [0.5, 0.6) is 0 Å². The quantitative estimate of drug-likeness (QED) is 0.00897. The van der Waals surface area contributed by atoms with Crippen LogP contribution in [0.15, 0.2) is 242 Å². The highest BCUT2D eigenvalue weighted by Crippen LogP contribution is 2.43. The van der Waals surface area contributed by atoms with E-state index in [1.807, 2.05) is 30.8 Å². The number of nitrogens with one attached hydrogen (secondary N) is 4. The smallest absolute Gasteiger partial charge is 0.338 e. The highest BCUT2D eigenvalue weighted by atomic mass is 79.9. The van der Waals surface area contributed by atoms with E-state index >= 15 is 0 Å². The van der Waals surface area contributed by atoms with Gasteiger partial charge in [0, 0.05) is 202 Å². The summed E-state index contributed by atoms with van der Waals surface area (Å²) >= 11 is 25.1. The highest BCUT2D eigenvalue weighted by molar-refractivity contribution is 9.10. The fraction of sp³-hybridized carbons (Fsp3) is 0.319. The van der Waals surface area contributed by atoms with Gasteiger partial charge in [0.2, 0.25) is 0 Å². The second kappa shape index (κ2) is 51.7. The maximum absolute atomic E-state index is 13.9. The number of halogens is 8. The number of aliphatic imine (C=N–C) groups is 4. The molecule has 4 aromatic heterocycles. The van der Waals surface area contributed by atoms with Crippen LogP contribution >= 0.6 is 100 Å². The second-order valence-corrected chi connectivity index (χ2v) is 37.5. The molecule has 4 fully saturated rings. The Morgan fingerprint density at radius 2 is 0.648 bits per heavy atom. The van der Waals surface area contributed by atoms with Gasteiger partial charge in [-0.2, -0.15) is 0 Å². The third-order valence-electron chi connectivity index (χ3n) is 21.9. The molecule has 8 N–H and O–H groups in total. The Hall–Kier alpha value is -12.1. The summed E-state index contributed by atoms with van der Waals surface area (Å²) in [5.74, 6) is -6.44. The fourth-order valence-corrected chi connectivity index (χ4v) is 19.7. The lowest BCUT2D eigenvalue weighted by Crippen LogP contribution is -2.46. The maximum Gasteiger partial charge on any atom is 0.338 e. The summed E-state index contributed by atoms with van der Waals surface area (Å²) in [6.45, 7) is 10.5. The van der Waals surface area contributed by atoms with Gasteiger partial charge >= 0.3 is 47.8 Å². The van der Waals surface area contributed by atoms with Gasteiger partial charge < -0.3 is 79.6 Å². The van der Waals surface area contributed by atoms with E-state index in [2.05, 4.69) is 78.0 Å². The minimum Gasteiger partial charge on any atom is -0.478 e. The van der Waals surface area contributed by atoms with Crippen LogP contribution in [0.1, 0.15) is 80.3 Å². The monoisotopic (exact) mass is 2200 g/mol. The van der Waals surface area contributed by atoms with Crippen LogP contribution in [0.2, 0.25) is 10.0 Å². The van der Waals surface area contributed by atoms with Gasteiger partial charge in [0.15, 0.2) is 43.4 Å². The van der Waals surface area contributed by atoms with Gasteiger partial charge in [0.25, 0.3) is 0 Å². The Morgan fingerprint density at radius 1 is 0.401 bits per heavy atom. The van der Waals surface area contributed by atoms with Crippen molar-refractivity contribution < 1.29 is 114 Å². The van der Waals surface area contributed by atoms with Crippen LogP contribution in [0.25, 0.3) is 0 Å². The molecule has 48 heteroatoms. The minimum atomic E-state index is -1.06. The van der Waals surface area contributed by atoms with Crippen molar-refractivity contribution in [2.75, 3.05) is 132 Å². The summed E-state index contributed by atoms with van der Waals surface area (Å²) in [6.07, 6.45) is 15.2. The first-order chi connectivity index (χ1) is 68.4. The molecule has 0 unspecified atom stereocenters. The number of carbonyl (C=O) groups is 8. The van der Waals surface area contributed by atoms with E-state index in [9.17, 15) is 55.9 Å². The van der Waals surface area contributed by atoms with Crippen molar-refractivity contribution in [3.8, 4) is 0 Å². The van der Waals surface area contributed by atoms with Crippen molar-refractivity contribution in [1.82, 2.24) is 60.8 Å². The Morgan fingerprint density at radius 3 is 0.873 bits per heavy atom. The zero-order valence-electron chi connectivity index (χ0n) is 75.9. The van der Waals surface area contributed by atoms with Crippen LogP contribution in [-0.4, -0.2) is 288 Å². The third kappa shape index (κ3) is 29.1. The van der Waals surface area contributed by atoms with Crippen LogP contribution < -0.4 is 21.3 Å². The largest absolute Gasteiger partial charge is 0.478 e. The number of morpholine rings is 4. The molecule has 0 spiro atoms. The van der Waals surface area contributed by atoms with Gasteiger partial charge in [-0.3, -0.25) is 39.6 Å². The number of ether oxygens (including phenoxy) is 8. The summed E-state index contributed by atoms with van der Waals surface area (Å²) in [6, 6.07) is 13.1. The van der Waals surface area contributed by atoms with E-state index in [1.54, 1.807) is 56.1 Å². The summed E-state index contributed by atoms with van der Waals surface area (Å²) in [7, 11) is 2.57. The average molecular weight is 2200 g/mol. The molecule has 0 bridgehead atoms. The standard InChI is InChI=1S/C24H24BrFN4O5S.C24H24ClFN4O5S.C23H22BrFN4O5S.C23H22ClFN4O5S/c2*1-2-34-24(33)20-18(13-30-8-9-35-15(12-30)4-6-19(31)32)28-22(23-27-7-10-36-23)29-21(20)16-5-3-14(26)11-17(16)25;2*1-33-23(32)19-17(12-29-7-8-34-14(11-29)3-5-18(30)31)27-21(22-26-6-9-35-22)28-20(19)15-4-2-13(25)10-16(15)24/h2*3-7,10-11,15,21H,2,8-9,12-13H2,1H3,(H,28,29)(H,31,32);2*2-6,9-10,14,20H,7-8,11-12H2,1H3,(H,27,28)(H,30,31)/b2*6-4+;2*5-3+/t2*15-,21+;2*14-,20+/m1111/s1. The van der Waals surface area contributed by atoms with E-state index in [0.29, 0.717) is 213 Å². The van der Waals surface area contributed by atoms with E-state index in [4.69, 9.17) is 101 Å². The molecule has 4 saturated heterocycles. The van der Waals surface area contributed by atoms with Crippen molar-refractivity contribution in [3.63, 3.8) is 0 Å². The number of carboxylic acid groups (broad SMARTS) is 4. The summed E-state index contributed by atoms with van der Waals surface area (Å²) in [4.78, 5) is 141. The second-order valence-electron chi connectivity index (χ2n) is 31.4. The van der Waals surface area contributed by atoms with Gasteiger partial charge in [-0.15, -0.1) is 45.3 Å². The van der Waals surface area contributed by atoms with Gasteiger partial charge in [-0.1, -0.05) is 79.3 Å². The molecule has 748 valence electrons. The van der Waals surface area contributed by atoms with Gasteiger partial charge in [-0.25, -0.2) is 75.9 Å². The number of nitrogens with zero attached hydrogens (tertiary/aromatic N) is 12. The van der Waals surface area contributed by atoms with Crippen molar-refractivity contribution in [2.24, 2.45) is 20.0 Å². The number of aliphatic carboxylic acids is 4. The maximum atomic E-state index is 13.9. The average Bonchev–Trinajstić information content (AvgIpc) is 1.78. The molecule has 0 amide bonds.